The number of hydrogen-bond acceptors (Lipinski definition) is 3. The van der Waals surface area contributed by atoms with Gasteiger partial charge in [0.1, 0.15) is 0 Å². The minimum absolute atomic E-state index is 0.0583. The van der Waals surface area contributed by atoms with Gasteiger partial charge in [-0.05, 0) is 24.1 Å². The van der Waals surface area contributed by atoms with Crippen molar-refractivity contribution in [1.82, 2.24) is 10.2 Å². The molecule has 1 aliphatic heterocycles. The molecule has 0 spiro atoms. The number of halogens is 1. The second-order valence-corrected chi connectivity index (χ2v) is 8.33. The average Bonchev–Trinajstić information content (AvgIpc) is 3.17. The first-order valence-corrected chi connectivity index (χ1v) is 9.16. The summed E-state index contributed by atoms with van der Waals surface area (Å²) >= 11 is 5.97. The lowest BCUT2D eigenvalue weighted by molar-refractivity contribution is 0.201. The summed E-state index contributed by atoms with van der Waals surface area (Å²) in [5, 5.41) is 3.67. The zero-order valence-electron chi connectivity index (χ0n) is 11.5. The van der Waals surface area contributed by atoms with Gasteiger partial charge in [-0.25, -0.2) is 13.2 Å². The number of sulfone groups is 1. The van der Waals surface area contributed by atoms with Crippen LogP contribution in [0.2, 0.25) is 5.02 Å². The van der Waals surface area contributed by atoms with Gasteiger partial charge in [0, 0.05) is 30.1 Å². The van der Waals surface area contributed by atoms with Gasteiger partial charge in [-0.1, -0.05) is 23.7 Å². The van der Waals surface area contributed by atoms with Gasteiger partial charge in [-0.15, -0.1) is 0 Å². The fourth-order valence-electron chi connectivity index (χ4n) is 2.63. The Balaban J connectivity index is 1.53. The molecule has 2 unspecified atom stereocenters. The van der Waals surface area contributed by atoms with E-state index >= 15 is 0 Å². The van der Waals surface area contributed by atoms with Crippen LogP contribution in [0.4, 0.5) is 4.79 Å². The summed E-state index contributed by atoms with van der Waals surface area (Å²) < 4.78 is 22.7. The van der Waals surface area contributed by atoms with Crippen molar-refractivity contribution in [2.75, 3.05) is 24.6 Å². The SMILES string of the molecule is O=C(NC1CC1c1cccc(Cl)c1)N1CCS(=O)(=O)CC1. The zero-order valence-corrected chi connectivity index (χ0v) is 13.0. The summed E-state index contributed by atoms with van der Waals surface area (Å²) in [6, 6.07) is 7.62. The Morgan fingerprint density at radius 1 is 1.29 bits per heavy atom. The Hall–Kier alpha value is -1.27. The molecule has 21 heavy (non-hydrogen) atoms. The van der Waals surface area contributed by atoms with Gasteiger partial charge >= 0.3 is 6.03 Å². The highest BCUT2D eigenvalue weighted by Gasteiger charge is 2.40. The molecule has 1 aliphatic carbocycles. The minimum Gasteiger partial charge on any atom is -0.335 e. The lowest BCUT2D eigenvalue weighted by Gasteiger charge is -2.26. The molecule has 7 heteroatoms. The van der Waals surface area contributed by atoms with Crippen LogP contribution in [-0.2, 0) is 9.84 Å². The number of benzene rings is 1. The topological polar surface area (TPSA) is 66.5 Å². The van der Waals surface area contributed by atoms with Crippen LogP contribution in [0.1, 0.15) is 17.9 Å². The Kier molecular flexibility index (Phi) is 3.84. The Morgan fingerprint density at radius 3 is 2.67 bits per heavy atom. The van der Waals surface area contributed by atoms with E-state index in [2.05, 4.69) is 5.32 Å². The van der Waals surface area contributed by atoms with E-state index < -0.39 is 9.84 Å². The van der Waals surface area contributed by atoms with Crippen LogP contribution in [0.3, 0.4) is 0 Å². The largest absolute Gasteiger partial charge is 0.335 e. The fraction of sp³-hybridized carbons (Fsp3) is 0.500. The molecule has 1 N–H and O–H groups in total. The van der Waals surface area contributed by atoms with Crippen molar-refractivity contribution in [1.29, 1.82) is 0 Å². The number of carbonyl (C=O) groups excluding carboxylic acids is 1. The summed E-state index contributed by atoms with van der Waals surface area (Å²) in [5.74, 6) is 0.423. The van der Waals surface area contributed by atoms with Gasteiger partial charge in [0.25, 0.3) is 0 Å². The fourth-order valence-corrected chi connectivity index (χ4v) is 4.03. The molecule has 114 valence electrons. The second kappa shape index (κ2) is 5.50. The molecule has 0 bridgehead atoms. The van der Waals surface area contributed by atoms with Crippen molar-refractivity contribution in [3.63, 3.8) is 0 Å². The summed E-state index contributed by atoms with van der Waals surface area (Å²) in [5.41, 5.74) is 1.13. The van der Waals surface area contributed by atoms with Crippen molar-refractivity contribution in [2.45, 2.75) is 18.4 Å². The minimum atomic E-state index is -2.96. The van der Waals surface area contributed by atoms with E-state index in [-0.39, 0.29) is 36.7 Å². The molecule has 2 amide bonds. The van der Waals surface area contributed by atoms with E-state index in [1.807, 2.05) is 24.3 Å². The molecular formula is C14H17ClN2O3S. The molecule has 1 saturated carbocycles. The molecule has 5 nitrogen and oxygen atoms in total. The van der Waals surface area contributed by atoms with E-state index in [1.165, 1.54) is 0 Å². The van der Waals surface area contributed by atoms with Gasteiger partial charge in [-0.2, -0.15) is 0 Å². The third-order valence-corrected chi connectivity index (χ3v) is 5.85. The zero-order chi connectivity index (χ0) is 15.0. The highest BCUT2D eigenvalue weighted by atomic mass is 35.5. The quantitative estimate of drug-likeness (QED) is 0.897. The molecule has 1 aromatic carbocycles. The molecule has 2 fully saturated rings. The molecule has 2 atom stereocenters. The van der Waals surface area contributed by atoms with Gasteiger partial charge in [-0.3, -0.25) is 0 Å². The third kappa shape index (κ3) is 3.49. The number of carbonyl (C=O) groups is 1. The van der Waals surface area contributed by atoms with Crippen molar-refractivity contribution >= 4 is 27.5 Å². The lowest BCUT2D eigenvalue weighted by Crippen LogP contribution is -2.48. The van der Waals surface area contributed by atoms with Crippen LogP contribution < -0.4 is 5.32 Å². The van der Waals surface area contributed by atoms with Crippen LogP contribution in [0, 0.1) is 0 Å². The molecule has 1 saturated heterocycles. The first-order valence-electron chi connectivity index (χ1n) is 6.96. The summed E-state index contributed by atoms with van der Waals surface area (Å²) in [6.07, 6.45) is 0.901. The summed E-state index contributed by atoms with van der Waals surface area (Å²) in [7, 11) is -2.96. The van der Waals surface area contributed by atoms with Crippen molar-refractivity contribution in [3.05, 3.63) is 34.9 Å². The monoisotopic (exact) mass is 328 g/mol. The predicted octanol–water partition coefficient (Wildman–Crippen LogP) is 1.64. The predicted molar refractivity (Wildman–Crippen MR) is 81.4 cm³/mol. The van der Waals surface area contributed by atoms with Gasteiger partial charge < -0.3 is 10.2 Å². The first kappa shape index (κ1) is 14.7. The standard InChI is InChI=1S/C14H17ClN2O3S/c15-11-3-1-2-10(8-11)12-9-13(12)16-14(18)17-4-6-21(19,20)7-5-17/h1-3,8,12-13H,4-7,9H2,(H,16,18). The van der Waals surface area contributed by atoms with Crippen LogP contribution in [0.5, 0.6) is 0 Å². The molecule has 1 aromatic rings. The maximum Gasteiger partial charge on any atom is 0.317 e. The number of amides is 2. The first-order chi connectivity index (χ1) is 9.94. The normalized spacial score (nSPS) is 27.2. The lowest BCUT2D eigenvalue weighted by atomic mass is 10.1. The number of urea groups is 1. The van der Waals surface area contributed by atoms with E-state index in [0.717, 1.165) is 12.0 Å². The van der Waals surface area contributed by atoms with Crippen LogP contribution in [0.25, 0.3) is 0 Å². The van der Waals surface area contributed by atoms with E-state index in [4.69, 9.17) is 11.6 Å². The van der Waals surface area contributed by atoms with Gasteiger partial charge in [0.2, 0.25) is 0 Å². The Bertz CT molecular complexity index is 648. The van der Waals surface area contributed by atoms with Crippen molar-refractivity contribution < 1.29 is 13.2 Å². The molecule has 3 rings (SSSR count). The van der Waals surface area contributed by atoms with E-state index in [1.54, 1.807) is 4.90 Å². The van der Waals surface area contributed by atoms with E-state index in [9.17, 15) is 13.2 Å². The Labute approximate surface area is 129 Å². The molecule has 2 aliphatic rings. The van der Waals surface area contributed by atoms with Gasteiger partial charge in [0.05, 0.1) is 11.5 Å². The molecule has 0 radical (unpaired) electrons. The van der Waals surface area contributed by atoms with E-state index in [0.29, 0.717) is 10.9 Å². The molecular weight excluding hydrogens is 312 g/mol. The maximum atomic E-state index is 12.1. The molecule has 0 aromatic heterocycles. The number of nitrogens with zero attached hydrogens (tertiary/aromatic N) is 1. The van der Waals surface area contributed by atoms with Crippen LogP contribution >= 0.6 is 11.6 Å². The van der Waals surface area contributed by atoms with Crippen molar-refractivity contribution in [2.24, 2.45) is 0 Å². The number of nitrogens with one attached hydrogen (secondary N) is 1. The van der Waals surface area contributed by atoms with Crippen LogP contribution in [-0.4, -0.2) is 50.0 Å². The second-order valence-electron chi connectivity index (χ2n) is 5.59. The molecule has 1 heterocycles. The summed E-state index contributed by atoms with van der Waals surface area (Å²) in [4.78, 5) is 13.7. The summed E-state index contributed by atoms with van der Waals surface area (Å²) in [6.45, 7) is 0.561. The smallest absolute Gasteiger partial charge is 0.317 e. The van der Waals surface area contributed by atoms with Crippen molar-refractivity contribution in [3.8, 4) is 0 Å². The highest BCUT2D eigenvalue weighted by Crippen LogP contribution is 2.41. The Morgan fingerprint density at radius 2 is 2.00 bits per heavy atom. The third-order valence-electron chi connectivity index (χ3n) is 4.01. The number of hydrogen-bond donors (Lipinski definition) is 1. The highest BCUT2D eigenvalue weighted by molar-refractivity contribution is 7.91. The maximum absolute atomic E-state index is 12.1. The number of rotatable bonds is 2. The van der Waals surface area contributed by atoms with Gasteiger partial charge in [0.15, 0.2) is 9.84 Å². The van der Waals surface area contributed by atoms with Crippen LogP contribution in [0.15, 0.2) is 24.3 Å². The average molecular weight is 329 g/mol.